The molecule has 4 aromatic rings. The number of fused-ring (bicyclic) bond motifs is 1. The van der Waals surface area contributed by atoms with E-state index in [1.807, 2.05) is 53.2 Å². The molecule has 2 heterocycles. The van der Waals surface area contributed by atoms with E-state index in [1.165, 1.54) is 0 Å². The van der Waals surface area contributed by atoms with Crippen LogP contribution >= 0.6 is 0 Å². The fraction of sp³-hybridized carbons (Fsp3) is 0.0588. The van der Waals surface area contributed by atoms with Crippen LogP contribution in [0.5, 0.6) is 5.75 Å². The Morgan fingerprint density at radius 2 is 1.95 bits per heavy atom. The molecule has 1 N–H and O–H groups in total. The highest BCUT2D eigenvalue weighted by molar-refractivity contribution is 5.80. The van der Waals surface area contributed by atoms with Crippen molar-refractivity contribution in [3.05, 3.63) is 61.2 Å². The summed E-state index contributed by atoms with van der Waals surface area (Å²) in [7, 11) is 1.66. The Labute approximate surface area is 127 Å². The number of H-pyrrole nitrogens is 1. The summed E-state index contributed by atoms with van der Waals surface area (Å²) in [5, 5.41) is 0. The lowest BCUT2D eigenvalue weighted by Gasteiger charge is -2.02. The first-order chi connectivity index (χ1) is 10.8. The highest BCUT2D eigenvalue weighted by atomic mass is 16.5. The number of nitrogens with one attached hydrogen (secondary N) is 1. The maximum absolute atomic E-state index is 5.24. The van der Waals surface area contributed by atoms with Crippen LogP contribution in [0.3, 0.4) is 0 Å². The molecule has 5 heteroatoms. The highest BCUT2D eigenvalue weighted by Crippen LogP contribution is 2.24. The van der Waals surface area contributed by atoms with E-state index < -0.39 is 0 Å². The van der Waals surface area contributed by atoms with Gasteiger partial charge in [0.1, 0.15) is 11.6 Å². The molecule has 108 valence electrons. The minimum atomic E-state index is 0.818. The van der Waals surface area contributed by atoms with Crippen LogP contribution in [0, 0.1) is 0 Å². The first kappa shape index (κ1) is 12.6. The summed E-state index contributed by atoms with van der Waals surface area (Å²) in [5.74, 6) is 1.67. The Hall–Kier alpha value is -3.08. The molecule has 0 amide bonds. The van der Waals surface area contributed by atoms with Gasteiger partial charge in [-0.05, 0) is 36.4 Å². The summed E-state index contributed by atoms with van der Waals surface area (Å²) in [6.45, 7) is 0. The number of hydrogen-bond acceptors (Lipinski definition) is 3. The standard InChI is InChI=1S/C17H14N4O/c1-22-14-6-7-15-16(10-14)20-17(19-15)12-2-4-13(5-3-12)21-9-8-18-11-21/h2-11H,1H3,(H,19,20). The third-order valence-electron chi connectivity index (χ3n) is 3.63. The maximum atomic E-state index is 5.24. The summed E-state index contributed by atoms with van der Waals surface area (Å²) < 4.78 is 7.20. The predicted octanol–water partition coefficient (Wildman–Crippen LogP) is 3.42. The van der Waals surface area contributed by atoms with Gasteiger partial charge in [-0.2, -0.15) is 0 Å². The van der Waals surface area contributed by atoms with Crippen LogP contribution in [0.25, 0.3) is 28.1 Å². The van der Waals surface area contributed by atoms with Crippen molar-refractivity contribution < 1.29 is 4.74 Å². The van der Waals surface area contributed by atoms with Crippen molar-refractivity contribution in [2.24, 2.45) is 0 Å². The molecule has 0 aliphatic carbocycles. The Morgan fingerprint density at radius 1 is 1.09 bits per heavy atom. The van der Waals surface area contributed by atoms with Gasteiger partial charge in [0.05, 0.1) is 24.5 Å². The molecule has 0 saturated carbocycles. The molecule has 2 aromatic heterocycles. The van der Waals surface area contributed by atoms with Gasteiger partial charge in [-0.25, -0.2) is 9.97 Å². The maximum Gasteiger partial charge on any atom is 0.138 e. The van der Waals surface area contributed by atoms with Gasteiger partial charge in [0.25, 0.3) is 0 Å². The smallest absolute Gasteiger partial charge is 0.138 e. The second kappa shape index (κ2) is 5.04. The Kier molecular flexibility index (Phi) is 2.89. The van der Waals surface area contributed by atoms with E-state index in [1.54, 1.807) is 19.6 Å². The van der Waals surface area contributed by atoms with E-state index in [9.17, 15) is 0 Å². The van der Waals surface area contributed by atoms with Crippen molar-refractivity contribution in [2.45, 2.75) is 0 Å². The predicted molar refractivity (Wildman–Crippen MR) is 85.2 cm³/mol. The molecular weight excluding hydrogens is 276 g/mol. The van der Waals surface area contributed by atoms with Gasteiger partial charge < -0.3 is 14.3 Å². The molecule has 0 aliphatic heterocycles. The van der Waals surface area contributed by atoms with Gasteiger partial charge >= 0.3 is 0 Å². The molecular formula is C17H14N4O. The Bertz CT molecular complexity index is 908. The Morgan fingerprint density at radius 3 is 2.68 bits per heavy atom. The van der Waals surface area contributed by atoms with E-state index in [4.69, 9.17) is 4.74 Å². The van der Waals surface area contributed by atoms with Crippen LogP contribution in [0.15, 0.2) is 61.2 Å². The van der Waals surface area contributed by atoms with E-state index in [2.05, 4.69) is 15.0 Å². The monoisotopic (exact) mass is 290 g/mol. The van der Waals surface area contributed by atoms with Gasteiger partial charge in [0, 0.05) is 29.7 Å². The van der Waals surface area contributed by atoms with E-state index in [0.29, 0.717) is 0 Å². The quantitative estimate of drug-likeness (QED) is 0.629. The molecule has 0 atom stereocenters. The molecule has 0 fully saturated rings. The zero-order chi connectivity index (χ0) is 14.9. The van der Waals surface area contributed by atoms with Crippen LogP contribution in [-0.2, 0) is 0 Å². The van der Waals surface area contributed by atoms with Crippen LogP contribution < -0.4 is 4.74 Å². The third kappa shape index (κ3) is 2.13. The topological polar surface area (TPSA) is 55.7 Å². The summed E-state index contributed by atoms with van der Waals surface area (Å²) in [6.07, 6.45) is 5.46. The van der Waals surface area contributed by atoms with E-state index in [0.717, 1.165) is 33.9 Å². The number of nitrogens with zero attached hydrogens (tertiary/aromatic N) is 3. The number of imidazole rings is 2. The molecule has 4 rings (SSSR count). The number of benzene rings is 2. The van der Waals surface area contributed by atoms with Gasteiger partial charge in [0.15, 0.2) is 0 Å². The van der Waals surface area contributed by atoms with Gasteiger partial charge in [0.2, 0.25) is 0 Å². The number of ether oxygens (including phenoxy) is 1. The molecule has 2 aromatic carbocycles. The van der Waals surface area contributed by atoms with Crippen LogP contribution in [-0.4, -0.2) is 26.6 Å². The fourth-order valence-electron chi connectivity index (χ4n) is 2.46. The number of aromatic nitrogens is 4. The summed E-state index contributed by atoms with van der Waals surface area (Å²) in [5.41, 5.74) is 4.00. The average Bonchev–Trinajstić information content (AvgIpc) is 3.23. The fourth-order valence-corrected chi connectivity index (χ4v) is 2.46. The van der Waals surface area contributed by atoms with Crippen LogP contribution in [0.1, 0.15) is 0 Å². The van der Waals surface area contributed by atoms with Gasteiger partial charge in [-0.1, -0.05) is 0 Å². The highest BCUT2D eigenvalue weighted by Gasteiger charge is 2.06. The average molecular weight is 290 g/mol. The summed E-state index contributed by atoms with van der Waals surface area (Å²) >= 11 is 0. The van der Waals surface area contributed by atoms with Gasteiger partial charge in [-0.3, -0.25) is 0 Å². The van der Waals surface area contributed by atoms with Crippen LogP contribution in [0.4, 0.5) is 0 Å². The summed E-state index contributed by atoms with van der Waals surface area (Å²) in [4.78, 5) is 12.0. The van der Waals surface area contributed by atoms with Crippen molar-refractivity contribution in [2.75, 3.05) is 7.11 Å². The molecule has 0 radical (unpaired) electrons. The van der Waals surface area contributed by atoms with Crippen molar-refractivity contribution >= 4 is 11.0 Å². The molecule has 5 nitrogen and oxygen atoms in total. The minimum Gasteiger partial charge on any atom is -0.497 e. The summed E-state index contributed by atoms with van der Waals surface area (Å²) in [6, 6.07) is 14.0. The first-order valence-electron chi connectivity index (χ1n) is 6.96. The number of aromatic amines is 1. The molecule has 0 bridgehead atoms. The molecule has 0 unspecified atom stereocenters. The van der Waals surface area contributed by atoms with E-state index in [-0.39, 0.29) is 0 Å². The van der Waals surface area contributed by atoms with Crippen LogP contribution in [0.2, 0.25) is 0 Å². The lowest BCUT2D eigenvalue weighted by atomic mass is 10.2. The molecule has 22 heavy (non-hydrogen) atoms. The Balaban J connectivity index is 1.72. The zero-order valence-electron chi connectivity index (χ0n) is 12.0. The normalized spacial score (nSPS) is 11.0. The molecule has 0 saturated heterocycles. The lowest BCUT2D eigenvalue weighted by molar-refractivity contribution is 0.415. The molecule has 0 spiro atoms. The lowest BCUT2D eigenvalue weighted by Crippen LogP contribution is -1.89. The van der Waals surface area contributed by atoms with Crippen molar-refractivity contribution in [1.82, 2.24) is 19.5 Å². The first-order valence-corrected chi connectivity index (χ1v) is 6.96. The van der Waals surface area contributed by atoms with Crippen molar-refractivity contribution in [3.63, 3.8) is 0 Å². The van der Waals surface area contributed by atoms with Crippen molar-refractivity contribution in [1.29, 1.82) is 0 Å². The second-order valence-electron chi connectivity index (χ2n) is 4.99. The van der Waals surface area contributed by atoms with Gasteiger partial charge in [-0.15, -0.1) is 0 Å². The largest absolute Gasteiger partial charge is 0.497 e. The molecule has 0 aliphatic rings. The number of hydrogen-bond donors (Lipinski definition) is 1. The van der Waals surface area contributed by atoms with E-state index >= 15 is 0 Å². The minimum absolute atomic E-state index is 0.818. The SMILES string of the molecule is COc1ccc2nc(-c3ccc(-n4ccnc4)cc3)[nH]c2c1. The van der Waals surface area contributed by atoms with Crippen molar-refractivity contribution in [3.8, 4) is 22.8 Å². The zero-order valence-corrected chi connectivity index (χ0v) is 12.0. The number of methoxy groups -OCH3 is 1. The second-order valence-corrected chi connectivity index (χ2v) is 4.99. The number of rotatable bonds is 3. The third-order valence-corrected chi connectivity index (χ3v) is 3.63.